The smallest absolute Gasteiger partial charge is 0.345 e. The van der Waals surface area contributed by atoms with Gasteiger partial charge in [0, 0.05) is 18.3 Å². The number of aromatic amines is 1. The SMILES string of the molecule is O=C(O)CCc1cnc(=O)[nH]c1C1CCCC1. The minimum absolute atomic E-state index is 0.0768. The Kier molecular flexibility index (Phi) is 3.56. The molecule has 5 heteroatoms. The first-order chi connectivity index (χ1) is 8.16. The number of carboxylic acids is 1. The van der Waals surface area contributed by atoms with Crippen LogP contribution in [0.2, 0.25) is 0 Å². The fraction of sp³-hybridized carbons (Fsp3) is 0.583. The molecule has 1 aromatic rings. The molecule has 0 radical (unpaired) electrons. The predicted octanol–water partition coefficient (Wildman–Crippen LogP) is 1.44. The Hall–Kier alpha value is -1.65. The summed E-state index contributed by atoms with van der Waals surface area (Å²) >= 11 is 0. The molecule has 92 valence electrons. The van der Waals surface area contributed by atoms with Gasteiger partial charge in [0.1, 0.15) is 0 Å². The van der Waals surface area contributed by atoms with Crippen LogP contribution in [-0.2, 0) is 11.2 Å². The van der Waals surface area contributed by atoms with E-state index >= 15 is 0 Å². The lowest BCUT2D eigenvalue weighted by Gasteiger charge is -2.13. The van der Waals surface area contributed by atoms with E-state index in [1.54, 1.807) is 0 Å². The summed E-state index contributed by atoms with van der Waals surface area (Å²) in [5, 5.41) is 8.69. The van der Waals surface area contributed by atoms with E-state index in [1.807, 2.05) is 0 Å². The molecule has 1 heterocycles. The van der Waals surface area contributed by atoms with Crippen molar-refractivity contribution in [3.63, 3.8) is 0 Å². The van der Waals surface area contributed by atoms with Crippen LogP contribution in [0, 0.1) is 0 Å². The summed E-state index contributed by atoms with van der Waals surface area (Å²) in [5.74, 6) is -0.455. The zero-order valence-electron chi connectivity index (χ0n) is 9.61. The molecule has 1 aromatic heterocycles. The predicted molar refractivity (Wildman–Crippen MR) is 62.0 cm³/mol. The van der Waals surface area contributed by atoms with Gasteiger partial charge in [-0.15, -0.1) is 0 Å². The molecule has 1 fully saturated rings. The molecule has 0 saturated heterocycles. The molecule has 0 atom stereocenters. The van der Waals surface area contributed by atoms with Crippen LogP contribution in [0.4, 0.5) is 0 Å². The molecule has 0 aliphatic heterocycles. The molecule has 0 spiro atoms. The highest BCUT2D eigenvalue weighted by atomic mass is 16.4. The van der Waals surface area contributed by atoms with Gasteiger partial charge in [-0.1, -0.05) is 12.8 Å². The monoisotopic (exact) mass is 236 g/mol. The fourth-order valence-corrected chi connectivity index (χ4v) is 2.45. The lowest BCUT2D eigenvalue weighted by atomic mass is 9.97. The first-order valence-electron chi connectivity index (χ1n) is 5.96. The summed E-state index contributed by atoms with van der Waals surface area (Å²) in [6, 6.07) is 0. The quantitative estimate of drug-likeness (QED) is 0.828. The van der Waals surface area contributed by atoms with Crippen LogP contribution < -0.4 is 5.69 Å². The summed E-state index contributed by atoms with van der Waals surface area (Å²) < 4.78 is 0. The van der Waals surface area contributed by atoms with Gasteiger partial charge in [0.25, 0.3) is 0 Å². The van der Waals surface area contributed by atoms with Gasteiger partial charge in [-0.05, 0) is 30.7 Å². The van der Waals surface area contributed by atoms with E-state index in [1.165, 1.54) is 19.0 Å². The number of carboxylic acid groups (broad SMARTS) is 1. The summed E-state index contributed by atoms with van der Waals surface area (Å²) in [6.07, 6.45) is 6.52. The average Bonchev–Trinajstić information content (AvgIpc) is 2.80. The van der Waals surface area contributed by atoms with Gasteiger partial charge in [0.2, 0.25) is 0 Å². The lowest BCUT2D eigenvalue weighted by Crippen LogP contribution is -2.17. The topological polar surface area (TPSA) is 83.0 Å². The standard InChI is InChI=1S/C12H16N2O3/c15-10(16)6-5-9-7-13-12(17)14-11(9)8-3-1-2-4-8/h7-8H,1-6H2,(H,15,16)(H,13,14,17). The van der Waals surface area contributed by atoms with Gasteiger partial charge in [0.15, 0.2) is 0 Å². The number of carbonyl (C=O) groups is 1. The second-order valence-corrected chi connectivity index (χ2v) is 4.50. The number of hydrogen-bond donors (Lipinski definition) is 2. The van der Waals surface area contributed by atoms with Crippen molar-refractivity contribution in [2.45, 2.75) is 44.4 Å². The Morgan fingerprint density at radius 1 is 1.47 bits per heavy atom. The maximum atomic E-state index is 11.3. The van der Waals surface area contributed by atoms with Crippen LogP contribution in [0.25, 0.3) is 0 Å². The molecule has 17 heavy (non-hydrogen) atoms. The summed E-state index contributed by atoms with van der Waals surface area (Å²) in [4.78, 5) is 28.3. The minimum atomic E-state index is -0.825. The van der Waals surface area contributed by atoms with E-state index in [0.29, 0.717) is 12.3 Å². The minimum Gasteiger partial charge on any atom is -0.481 e. The van der Waals surface area contributed by atoms with Crippen molar-refractivity contribution in [3.8, 4) is 0 Å². The summed E-state index contributed by atoms with van der Waals surface area (Å²) in [5.41, 5.74) is 1.44. The second kappa shape index (κ2) is 5.12. The maximum absolute atomic E-state index is 11.3. The van der Waals surface area contributed by atoms with E-state index in [-0.39, 0.29) is 12.1 Å². The number of rotatable bonds is 4. The highest BCUT2D eigenvalue weighted by Gasteiger charge is 2.21. The number of H-pyrrole nitrogens is 1. The molecule has 0 unspecified atom stereocenters. The van der Waals surface area contributed by atoms with E-state index in [0.717, 1.165) is 24.1 Å². The van der Waals surface area contributed by atoms with Crippen LogP contribution in [0.1, 0.15) is 49.3 Å². The third-order valence-corrected chi connectivity index (χ3v) is 3.30. The third-order valence-electron chi connectivity index (χ3n) is 3.30. The molecule has 1 saturated carbocycles. The molecule has 1 aliphatic carbocycles. The van der Waals surface area contributed by atoms with Crippen molar-refractivity contribution in [2.75, 3.05) is 0 Å². The molecule has 2 N–H and O–H groups in total. The Labute approximate surface area is 98.9 Å². The number of hydrogen-bond acceptors (Lipinski definition) is 3. The van der Waals surface area contributed by atoms with E-state index in [4.69, 9.17) is 5.11 Å². The zero-order chi connectivity index (χ0) is 12.3. The maximum Gasteiger partial charge on any atom is 0.345 e. The Morgan fingerprint density at radius 3 is 2.82 bits per heavy atom. The van der Waals surface area contributed by atoms with Crippen LogP contribution in [0.3, 0.4) is 0 Å². The third kappa shape index (κ3) is 2.93. The van der Waals surface area contributed by atoms with Gasteiger partial charge < -0.3 is 10.1 Å². The molecule has 0 bridgehead atoms. The van der Waals surface area contributed by atoms with Crippen LogP contribution >= 0.6 is 0 Å². The van der Waals surface area contributed by atoms with Crippen LogP contribution in [0.5, 0.6) is 0 Å². The molecule has 2 rings (SSSR count). The largest absolute Gasteiger partial charge is 0.481 e. The highest BCUT2D eigenvalue weighted by molar-refractivity contribution is 5.67. The summed E-state index contributed by atoms with van der Waals surface area (Å²) in [7, 11) is 0. The number of nitrogens with one attached hydrogen (secondary N) is 1. The van der Waals surface area contributed by atoms with Crippen molar-refractivity contribution in [1.29, 1.82) is 0 Å². The van der Waals surface area contributed by atoms with E-state index in [2.05, 4.69) is 9.97 Å². The van der Waals surface area contributed by atoms with E-state index in [9.17, 15) is 9.59 Å². The van der Waals surface area contributed by atoms with Crippen molar-refractivity contribution >= 4 is 5.97 Å². The van der Waals surface area contributed by atoms with Crippen molar-refractivity contribution in [3.05, 3.63) is 27.9 Å². The Bertz CT molecular complexity index is 461. The normalized spacial score (nSPS) is 16.2. The highest BCUT2D eigenvalue weighted by Crippen LogP contribution is 2.34. The molecule has 0 amide bonds. The zero-order valence-corrected chi connectivity index (χ0v) is 9.61. The average molecular weight is 236 g/mol. The van der Waals surface area contributed by atoms with Gasteiger partial charge in [-0.2, -0.15) is 0 Å². The number of nitrogens with zero attached hydrogens (tertiary/aromatic N) is 1. The number of aryl methyl sites for hydroxylation is 1. The van der Waals surface area contributed by atoms with E-state index < -0.39 is 5.97 Å². The fourth-order valence-electron chi connectivity index (χ4n) is 2.45. The number of aromatic nitrogens is 2. The molecular weight excluding hydrogens is 220 g/mol. The Balaban J connectivity index is 2.23. The van der Waals surface area contributed by atoms with Gasteiger partial charge in [-0.25, -0.2) is 9.78 Å². The number of aliphatic carboxylic acids is 1. The lowest BCUT2D eigenvalue weighted by molar-refractivity contribution is -0.136. The molecule has 5 nitrogen and oxygen atoms in total. The second-order valence-electron chi connectivity index (χ2n) is 4.50. The van der Waals surface area contributed by atoms with Crippen LogP contribution in [-0.4, -0.2) is 21.0 Å². The van der Waals surface area contributed by atoms with Gasteiger partial charge in [0.05, 0.1) is 0 Å². The molecular formula is C12H16N2O3. The molecule has 0 aromatic carbocycles. The van der Waals surface area contributed by atoms with Gasteiger partial charge in [-0.3, -0.25) is 4.79 Å². The van der Waals surface area contributed by atoms with Crippen molar-refractivity contribution in [2.24, 2.45) is 0 Å². The first-order valence-corrected chi connectivity index (χ1v) is 5.96. The Morgan fingerprint density at radius 2 is 2.18 bits per heavy atom. The van der Waals surface area contributed by atoms with Crippen molar-refractivity contribution < 1.29 is 9.90 Å². The van der Waals surface area contributed by atoms with Crippen molar-refractivity contribution in [1.82, 2.24) is 9.97 Å². The van der Waals surface area contributed by atoms with Gasteiger partial charge >= 0.3 is 11.7 Å². The van der Waals surface area contributed by atoms with Crippen LogP contribution in [0.15, 0.2) is 11.0 Å². The summed E-state index contributed by atoms with van der Waals surface area (Å²) in [6.45, 7) is 0. The molecule has 1 aliphatic rings. The first kappa shape index (κ1) is 11.8.